The van der Waals surface area contributed by atoms with Gasteiger partial charge < -0.3 is 40.3 Å². The predicted octanol–water partition coefficient (Wildman–Crippen LogP) is 14.4. The van der Waals surface area contributed by atoms with Gasteiger partial charge in [0.2, 0.25) is 5.91 Å². The van der Waals surface area contributed by atoms with Gasteiger partial charge in [0, 0.05) is 6.42 Å². The molecule has 1 rings (SSSR count). The Labute approximate surface area is 414 Å². The van der Waals surface area contributed by atoms with Crippen molar-refractivity contribution in [1.82, 2.24) is 5.32 Å². The van der Waals surface area contributed by atoms with Gasteiger partial charge in [-0.3, -0.25) is 4.79 Å². The molecule has 1 aliphatic rings. The van der Waals surface area contributed by atoms with Crippen LogP contribution >= 0.6 is 0 Å². The number of carbonyl (C=O) groups is 1. The molecular formula is C58H113NO8. The molecule has 7 atom stereocenters. The van der Waals surface area contributed by atoms with Gasteiger partial charge in [-0.1, -0.05) is 283 Å². The summed E-state index contributed by atoms with van der Waals surface area (Å²) in [5.74, 6) is -0.173. The molecule has 0 aromatic heterocycles. The molecule has 1 amide bonds. The predicted molar refractivity (Wildman–Crippen MR) is 281 cm³/mol. The minimum atomic E-state index is -1.56. The van der Waals surface area contributed by atoms with Crippen LogP contribution in [0.1, 0.15) is 296 Å². The van der Waals surface area contributed by atoms with E-state index in [2.05, 4.69) is 19.2 Å². The van der Waals surface area contributed by atoms with Crippen LogP contribution in [0.5, 0.6) is 0 Å². The van der Waals surface area contributed by atoms with E-state index in [0.717, 1.165) is 38.5 Å². The number of hydrogen-bond donors (Lipinski definition) is 6. The summed E-state index contributed by atoms with van der Waals surface area (Å²) in [6.07, 6.45) is 53.3. The van der Waals surface area contributed by atoms with Crippen LogP contribution in [0.3, 0.4) is 0 Å². The summed E-state index contributed by atoms with van der Waals surface area (Å²) in [6.45, 7) is 3.77. The first-order valence-electron chi connectivity index (χ1n) is 29.4. The molecule has 1 saturated heterocycles. The number of nitrogens with one attached hydrogen (secondary N) is 1. The molecule has 398 valence electrons. The zero-order valence-electron chi connectivity index (χ0n) is 44.2. The number of rotatable bonds is 51. The molecule has 9 nitrogen and oxygen atoms in total. The lowest BCUT2D eigenvalue weighted by Gasteiger charge is -2.40. The smallest absolute Gasteiger partial charge is 0.220 e. The maximum Gasteiger partial charge on any atom is 0.220 e. The Balaban J connectivity index is 2.01. The van der Waals surface area contributed by atoms with Crippen LogP contribution < -0.4 is 5.32 Å². The Morgan fingerprint density at radius 2 is 0.821 bits per heavy atom. The minimum Gasteiger partial charge on any atom is -0.394 e. The SMILES string of the molecule is CCCCCCCCC/C=C/[C@@H](O)[C@H](CO[C@@H]1O[C@H](CO)[C@H](O)C(O)C1O)NC(=O)CCCCCCCCCCCCCCCCCCCCCCCCCCCCCCCCCCCCC. The average Bonchev–Trinajstić information content (AvgIpc) is 3.33. The van der Waals surface area contributed by atoms with E-state index >= 15 is 0 Å². The molecule has 0 aliphatic carbocycles. The second-order valence-electron chi connectivity index (χ2n) is 20.8. The molecule has 0 spiro atoms. The highest BCUT2D eigenvalue weighted by molar-refractivity contribution is 5.76. The van der Waals surface area contributed by atoms with Gasteiger partial charge in [0.25, 0.3) is 0 Å². The highest BCUT2D eigenvalue weighted by Crippen LogP contribution is 2.23. The van der Waals surface area contributed by atoms with E-state index in [-0.39, 0.29) is 12.5 Å². The number of carbonyl (C=O) groups excluding carboxylic acids is 1. The first-order chi connectivity index (χ1) is 32.8. The number of ether oxygens (including phenoxy) is 2. The van der Waals surface area contributed by atoms with Gasteiger partial charge in [0.05, 0.1) is 25.4 Å². The van der Waals surface area contributed by atoms with Crippen molar-refractivity contribution in [2.75, 3.05) is 13.2 Å². The van der Waals surface area contributed by atoms with Crippen LogP contribution in [0.15, 0.2) is 12.2 Å². The van der Waals surface area contributed by atoms with Gasteiger partial charge in [0.15, 0.2) is 6.29 Å². The second kappa shape index (κ2) is 48.6. The summed E-state index contributed by atoms with van der Waals surface area (Å²) in [7, 11) is 0. The summed E-state index contributed by atoms with van der Waals surface area (Å²) in [5, 5.41) is 54.2. The number of amides is 1. The topological polar surface area (TPSA) is 149 Å². The van der Waals surface area contributed by atoms with E-state index < -0.39 is 49.5 Å². The second-order valence-corrected chi connectivity index (χ2v) is 20.8. The highest BCUT2D eigenvalue weighted by Gasteiger charge is 2.44. The van der Waals surface area contributed by atoms with Crippen molar-refractivity contribution in [2.45, 2.75) is 339 Å². The molecule has 0 aromatic rings. The summed E-state index contributed by atoms with van der Waals surface area (Å²) in [5.41, 5.74) is 0. The van der Waals surface area contributed by atoms with Crippen LogP contribution in [-0.4, -0.2) is 87.5 Å². The molecule has 0 saturated carbocycles. The van der Waals surface area contributed by atoms with Crippen LogP contribution in [0.4, 0.5) is 0 Å². The maximum atomic E-state index is 13.0. The van der Waals surface area contributed by atoms with Gasteiger partial charge in [-0.25, -0.2) is 0 Å². The lowest BCUT2D eigenvalue weighted by Crippen LogP contribution is -2.60. The first-order valence-corrected chi connectivity index (χ1v) is 29.4. The van der Waals surface area contributed by atoms with E-state index in [0.29, 0.717) is 6.42 Å². The summed E-state index contributed by atoms with van der Waals surface area (Å²) < 4.78 is 11.2. The third kappa shape index (κ3) is 38.3. The molecule has 1 aliphatic heterocycles. The lowest BCUT2D eigenvalue weighted by molar-refractivity contribution is -0.302. The number of hydrogen-bond acceptors (Lipinski definition) is 8. The van der Waals surface area contributed by atoms with Crippen molar-refractivity contribution in [1.29, 1.82) is 0 Å². The third-order valence-electron chi connectivity index (χ3n) is 14.4. The Bertz CT molecular complexity index is 1060. The zero-order valence-corrected chi connectivity index (χ0v) is 44.2. The molecule has 67 heavy (non-hydrogen) atoms. The number of aliphatic hydroxyl groups excluding tert-OH is 5. The van der Waals surface area contributed by atoms with E-state index in [9.17, 15) is 30.3 Å². The molecule has 9 heteroatoms. The fraction of sp³-hybridized carbons (Fsp3) is 0.948. The summed E-state index contributed by atoms with van der Waals surface area (Å²) in [4.78, 5) is 13.0. The van der Waals surface area contributed by atoms with Crippen LogP contribution in [0.2, 0.25) is 0 Å². The van der Waals surface area contributed by atoms with E-state index in [1.807, 2.05) is 6.08 Å². The monoisotopic (exact) mass is 952 g/mol. The van der Waals surface area contributed by atoms with Gasteiger partial charge >= 0.3 is 0 Å². The van der Waals surface area contributed by atoms with Crippen LogP contribution in [0.25, 0.3) is 0 Å². The van der Waals surface area contributed by atoms with Gasteiger partial charge in [-0.05, 0) is 19.3 Å². The van der Waals surface area contributed by atoms with Crippen molar-refractivity contribution in [2.24, 2.45) is 0 Å². The molecule has 6 N–H and O–H groups in total. The van der Waals surface area contributed by atoms with Crippen LogP contribution in [0, 0.1) is 0 Å². The van der Waals surface area contributed by atoms with Gasteiger partial charge in [-0.2, -0.15) is 0 Å². The molecule has 0 bridgehead atoms. The maximum absolute atomic E-state index is 13.0. The molecular weight excluding hydrogens is 839 g/mol. The lowest BCUT2D eigenvalue weighted by atomic mass is 9.99. The molecule has 2 unspecified atom stereocenters. The molecule has 0 radical (unpaired) electrons. The van der Waals surface area contributed by atoms with Crippen molar-refractivity contribution in [3.05, 3.63) is 12.2 Å². The van der Waals surface area contributed by atoms with Gasteiger partial charge in [-0.15, -0.1) is 0 Å². The van der Waals surface area contributed by atoms with E-state index in [1.165, 1.54) is 238 Å². The Morgan fingerprint density at radius 3 is 1.16 bits per heavy atom. The Kier molecular flexibility index (Phi) is 46.3. The van der Waals surface area contributed by atoms with Crippen molar-refractivity contribution in [3.63, 3.8) is 0 Å². The number of unbranched alkanes of at least 4 members (excludes halogenated alkanes) is 41. The molecule has 1 heterocycles. The largest absolute Gasteiger partial charge is 0.394 e. The van der Waals surface area contributed by atoms with Crippen molar-refractivity contribution < 1.29 is 39.8 Å². The quantitative estimate of drug-likeness (QED) is 0.0261. The number of aliphatic hydroxyl groups is 5. The van der Waals surface area contributed by atoms with E-state index in [4.69, 9.17) is 9.47 Å². The first kappa shape index (κ1) is 63.9. The normalized spacial score (nSPS) is 19.7. The Morgan fingerprint density at radius 1 is 0.493 bits per heavy atom. The molecule has 0 aromatic carbocycles. The van der Waals surface area contributed by atoms with Gasteiger partial charge in [0.1, 0.15) is 24.4 Å². The minimum absolute atomic E-state index is 0.173. The summed E-state index contributed by atoms with van der Waals surface area (Å²) in [6, 6.07) is -0.798. The van der Waals surface area contributed by atoms with Crippen molar-refractivity contribution in [3.8, 4) is 0 Å². The van der Waals surface area contributed by atoms with Crippen molar-refractivity contribution >= 4 is 5.91 Å². The summed E-state index contributed by atoms with van der Waals surface area (Å²) >= 11 is 0. The fourth-order valence-corrected chi connectivity index (χ4v) is 9.69. The number of allylic oxidation sites excluding steroid dienone is 1. The molecule has 1 fully saturated rings. The third-order valence-corrected chi connectivity index (χ3v) is 14.4. The Hall–Kier alpha value is -1.07. The highest BCUT2D eigenvalue weighted by atomic mass is 16.7. The zero-order chi connectivity index (χ0) is 48.7. The van der Waals surface area contributed by atoms with Crippen LogP contribution in [-0.2, 0) is 14.3 Å². The fourth-order valence-electron chi connectivity index (χ4n) is 9.69. The standard InChI is InChI=1S/C58H113NO8/c1-3-5-7-9-11-13-14-15-16-17-18-19-20-21-22-23-24-25-26-27-28-29-30-31-32-33-34-35-36-37-38-40-42-44-46-48-54(62)59-51(52(61)47-45-43-41-39-12-10-8-6-4-2)50-66-58-57(65)56(64)55(63)53(49-60)67-58/h45,47,51-53,55-58,60-61,63-65H,3-44,46,48-50H2,1-2H3,(H,59,62)/b47-45+/t51-,52+,53+,55-,56?,57?,58+/m0/s1. The van der Waals surface area contributed by atoms with E-state index in [1.54, 1.807) is 6.08 Å². The average molecular weight is 953 g/mol.